The van der Waals surface area contributed by atoms with Crippen LogP contribution in [0.3, 0.4) is 0 Å². The van der Waals surface area contributed by atoms with E-state index in [9.17, 15) is 47.9 Å². The van der Waals surface area contributed by atoms with Crippen molar-refractivity contribution >= 4 is 47.9 Å². The predicted molar refractivity (Wildman–Crippen MR) is 290 cm³/mol. The van der Waals surface area contributed by atoms with Gasteiger partial charge in [0.2, 0.25) is 11.6 Å². The van der Waals surface area contributed by atoms with E-state index in [-0.39, 0.29) is 71.0 Å². The minimum absolute atomic E-state index is 0.0492. The summed E-state index contributed by atoms with van der Waals surface area (Å²) in [5, 5.41) is 20.7. The summed E-state index contributed by atoms with van der Waals surface area (Å²) in [5.41, 5.74) is 5.69. The molecule has 2 aromatic heterocycles. The van der Waals surface area contributed by atoms with Gasteiger partial charge in [0.15, 0.2) is 0 Å². The van der Waals surface area contributed by atoms with Crippen molar-refractivity contribution in [1.29, 1.82) is 0 Å². The SMILES string of the molecule is CCOC(=O)c1nc2c(c(=O)[nH]1)C1CCC2CC1.COC(=O)C1=C(C(=O)O)C2CCC1CC2.COC(=O)C1=C(NC(=O)OC(C)(C)C)C2CCC1CC2.O=C(O)c1nc2c(c(=O)[nH]1)C1CCC2CC1.O=C1OC(=O)C2=C1C1CCC2CC1. The number of allylic oxidation sites excluding steroid dienone is 1. The molecule has 15 aliphatic carbocycles. The maximum atomic E-state index is 12.1. The van der Waals surface area contributed by atoms with Gasteiger partial charge in [-0.05, 0) is 203 Å². The van der Waals surface area contributed by atoms with Crippen LogP contribution in [0.15, 0.2) is 43.2 Å². The van der Waals surface area contributed by atoms with Gasteiger partial charge in [-0.15, -0.1) is 0 Å². The van der Waals surface area contributed by atoms with E-state index in [4.69, 9.17) is 24.4 Å². The number of aromatic amines is 2. The van der Waals surface area contributed by atoms with Crippen molar-refractivity contribution in [2.24, 2.45) is 35.5 Å². The fraction of sp³-hybridized carbons (Fsp3) is 0.633. The molecule has 0 saturated heterocycles. The number of aromatic carboxylic acids is 1. The van der Waals surface area contributed by atoms with Crippen LogP contribution in [0.5, 0.6) is 0 Å². The lowest BCUT2D eigenvalue weighted by atomic mass is 9.67. The molecule has 5 N–H and O–H groups in total. The third-order valence-corrected chi connectivity index (χ3v) is 18.5. The molecule has 0 atom stereocenters. The number of aliphatic carboxylic acids is 1. The molecule has 0 aromatic carbocycles. The van der Waals surface area contributed by atoms with Gasteiger partial charge in [0.1, 0.15) is 5.60 Å². The first-order valence-electron chi connectivity index (χ1n) is 29.2. The van der Waals surface area contributed by atoms with Crippen LogP contribution in [0.2, 0.25) is 0 Å². The van der Waals surface area contributed by atoms with Gasteiger partial charge in [0.25, 0.3) is 11.1 Å². The molecule has 1 amide bonds. The quantitative estimate of drug-likeness (QED) is 0.0989. The van der Waals surface area contributed by atoms with Gasteiger partial charge < -0.3 is 43.9 Å². The van der Waals surface area contributed by atoms with Crippen molar-refractivity contribution in [3.05, 3.63) is 88.4 Å². The molecule has 2 aromatic rings. The molecule has 1 aliphatic heterocycles. The summed E-state index contributed by atoms with van der Waals surface area (Å²) in [6.07, 6.45) is 19.8. The van der Waals surface area contributed by atoms with Gasteiger partial charge in [-0.2, -0.15) is 0 Å². The maximum absolute atomic E-state index is 12.1. The molecule has 5 saturated carbocycles. The minimum Gasteiger partial charge on any atom is -0.478 e. The van der Waals surface area contributed by atoms with Gasteiger partial charge in [0, 0.05) is 28.7 Å². The molecule has 3 heterocycles. The molecule has 442 valence electrons. The lowest BCUT2D eigenvalue weighted by Gasteiger charge is -2.39. The average molecular weight is 1140 g/mol. The smallest absolute Gasteiger partial charge is 0.411 e. The Morgan fingerprint density at radius 3 is 1.32 bits per heavy atom. The second-order valence-electron chi connectivity index (χ2n) is 24.3. The summed E-state index contributed by atoms with van der Waals surface area (Å²) in [5.74, 6) is -1.85. The van der Waals surface area contributed by atoms with E-state index in [1.54, 1.807) is 6.92 Å². The highest BCUT2D eigenvalue weighted by atomic mass is 16.6. The number of H-pyrrole nitrogens is 2. The second kappa shape index (κ2) is 24.7. The predicted octanol–water partition coefficient (Wildman–Crippen LogP) is 8.23. The summed E-state index contributed by atoms with van der Waals surface area (Å²) in [6, 6.07) is 0. The number of rotatable bonds is 7. The van der Waals surface area contributed by atoms with Gasteiger partial charge in [0.05, 0.1) is 60.1 Å². The number of ether oxygens (including phenoxy) is 5. The Kier molecular flexibility index (Phi) is 17.9. The van der Waals surface area contributed by atoms with Crippen LogP contribution in [-0.2, 0) is 47.7 Å². The van der Waals surface area contributed by atoms with E-state index in [0.717, 1.165) is 151 Å². The van der Waals surface area contributed by atoms with Crippen molar-refractivity contribution in [3.8, 4) is 0 Å². The molecule has 0 radical (unpaired) electrons. The molecule has 5 fully saturated rings. The summed E-state index contributed by atoms with van der Waals surface area (Å²) >= 11 is 0. The zero-order valence-electron chi connectivity index (χ0n) is 47.5. The number of esters is 5. The second-order valence-corrected chi connectivity index (χ2v) is 24.3. The van der Waals surface area contributed by atoms with Crippen molar-refractivity contribution in [2.45, 2.75) is 185 Å². The zero-order chi connectivity index (χ0) is 58.9. The van der Waals surface area contributed by atoms with Crippen molar-refractivity contribution in [2.75, 3.05) is 20.8 Å². The minimum atomic E-state index is -1.17. The van der Waals surface area contributed by atoms with E-state index >= 15 is 0 Å². The Hall–Kier alpha value is -7.26. The third-order valence-electron chi connectivity index (χ3n) is 18.5. The number of hydrogen-bond donors (Lipinski definition) is 5. The number of cyclic esters (lactones) is 2. The van der Waals surface area contributed by atoms with Crippen molar-refractivity contribution < 1.29 is 72.3 Å². The molecule has 16 aliphatic rings. The number of methoxy groups -OCH3 is 2. The Bertz CT molecular complexity index is 3090. The first-order chi connectivity index (χ1) is 39.1. The number of aromatic nitrogens is 4. The number of nitrogens with one attached hydrogen (secondary N) is 3. The van der Waals surface area contributed by atoms with E-state index in [2.05, 4.69) is 34.7 Å². The molecular weight excluding hydrogens is 1060 g/mol. The van der Waals surface area contributed by atoms with Gasteiger partial charge in [-0.25, -0.2) is 48.3 Å². The lowest BCUT2D eigenvalue weighted by molar-refractivity contribution is -0.151. The van der Waals surface area contributed by atoms with E-state index in [1.807, 2.05) is 20.8 Å². The highest BCUT2D eigenvalue weighted by molar-refractivity contribution is 6.13. The fourth-order valence-electron chi connectivity index (χ4n) is 14.8. The number of carbonyl (C=O) groups excluding carboxylic acids is 6. The van der Waals surface area contributed by atoms with Crippen molar-refractivity contribution in [3.63, 3.8) is 0 Å². The highest BCUT2D eigenvalue weighted by Crippen LogP contribution is 2.51. The molecule has 82 heavy (non-hydrogen) atoms. The summed E-state index contributed by atoms with van der Waals surface area (Å²) in [4.78, 5) is 129. The Morgan fingerprint density at radius 2 is 0.890 bits per heavy atom. The number of carboxylic acid groups (broad SMARTS) is 2. The zero-order valence-corrected chi connectivity index (χ0v) is 47.5. The summed E-state index contributed by atoms with van der Waals surface area (Å²) in [7, 11) is 2.68. The van der Waals surface area contributed by atoms with E-state index in [0.29, 0.717) is 69.1 Å². The first-order valence-corrected chi connectivity index (χ1v) is 29.2. The molecule has 22 heteroatoms. The van der Waals surface area contributed by atoms with Gasteiger partial charge >= 0.3 is 47.9 Å². The van der Waals surface area contributed by atoms with Crippen LogP contribution in [-0.4, -0.2) is 104 Å². The van der Waals surface area contributed by atoms with Crippen LogP contribution < -0.4 is 16.4 Å². The lowest BCUT2D eigenvalue weighted by Crippen LogP contribution is -2.40. The van der Waals surface area contributed by atoms with Crippen LogP contribution in [0.1, 0.15) is 224 Å². The Morgan fingerprint density at radius 1 is 0.512 bits per heavy atom. The topological polar surface area (TPSA) is 327 Å². The molecule has 0 unspecified atom stereocenters. The molecule has 22 nitrogen and oxygen atoms in total. The van der Waals surface area contributed by atoms with Crippen LogP contribution in [0, 0.1) is 35.5 Å². The Balaban J connectivity index is 0.000000124. The number of carboxylic acids is 2. The van der Waals surface area contributed by atoms with E-state index in [1.165, 1.54) is 14.2 Å². The summed E-state index contributed by atoms with van der Waals surface area (Å²) < 4.78 is 24.3. The summed E-state index contributed by atoms with van der Waals surface area (Å²) in [6.45, 7) is 7.46. The number of nitrogens with zero attached hydrogens (tertiary/aromatic N) is 2. The number of hydrogen-bond acceptors (Lipinski definition) is 17. The largest absolute Gasteiger partial charge is 0.478 e. The van der Waals surface area contributed by atoms with Gasteiger partial charge in [-0.1, -0.05) is 0 Å². The highest BCUT2D eigenvalue weighted by Gasteiger charge is 2.48. The monoisotopic (exact) mass is 1140 g/mol. The first kappa shape index (κ1) is 59.4. The van der Waals surface area contributed by atoms with Gasteiger partial charge in [-0.3, -0.25) is 14.9 Å². The normalized spacial score (nSPS) is 27.9. The van der Waals surface area contributed by atoms with Crippen LogP contribution >= 0.6 is 0 Å². The molecular formula is C60H75N5O17. The van der Waals surface area contributed by atoms with Crippen LogP contribution in [0.25, 0.3) is 0 Å². The number of carbonyl (C=O) groups is 8. The average Bonchev–Trinajstić information content (AvgIpc) is 3.97. The Labute approximate surface area is 474 Å². The number of amides is 1. The number of fused-ring (bicyclic) bond motifs is 10. The molecule has 10 bridgehead atoms. The van der Waals surface area contributed by atoms with Crippen LogP contribution in [0.4, 0.5) is 4.79 Å². The molecule has 0 spiro atoms. The maximum Gasteiger partial charge on any atom is 0.411 e. The van der Waals surface area contributed by atoms with E-state index < -0.39 is 35.6 Å². The molecule has 18 rings (SSSR count). The van der Waals surface area contributed by atoms with Crippen molar-refractivity contribution in [1.82, 2.24) is 25.3 Å². The fourth-order valence-corrected chi connectivity index (χ4v) is 14.8. The number of alkyl carbamates (subject to hydrolysis) is 1. The third kappa shape index (κ3) is 12.3. The standard InChI is InChI=1S/C15H23NO4.C13H16N2O3.C11H12N2O3.C11H14O4.C10H10O3/c1-15(2,3)20-14(18)16-12-10-7-5-9(6-8-10)11(12)13(17)19-4;1-2-18-13(17)11-14-10-8-5-3-7(4-6-8)9(10)12(16)15-11;14-10-7-5-1-3-6(4-2-5)8(7)12-9(13-10)11(15)16;1-15-11(14)9-7-4-2-6(3-5-7)8(9)10(12)13;11-9-7-5-1-2-6(4-3-5)8(7)10(12)13-9/h9-10H,5-8H2,1-4H3,(H,16,18);7-8H,2-6H2,1H3,(H,14,15,16);5-6H,1-4H2,(H,15,16)(H,12,13,14);6-7H,2-5H2,1H3,(H,12,13);5-6H,1-4H2.